The number of hydrogen-bond acceptors (Lipinski definition) is 13. The molecule has 13 nitrogen and oxygen atoms in total. The van der Waals surface area contributed by atoms with Gasteiger partial charge in [-0.2, -0.15) is 13.2 Å². The minimum atomic E-state index is -4.47. The van der Waals surface area contributed by atoms with Crippen LogP contribution in [0.5, 0.6) is 28.7 Å². The second-order valence-electron chi connectivity index (χ2n) is 34.4. The number of nitrogens with zero attached hydrogens (tertiary/aromatic N) is 8. The largest absolute Gasteiger partial charge is 0.497 e. The standard InChI is InChI=1S/C31H31F3N2O.C29H36N2O.C28H26N2O2.C23H24N2O/c1-6-37-29-17-15-22(23-10-7-8-11-24(23)29)21-14-16-26-28(18-21)36(20(4)5)30-25(31(32,33)34)12-9-13-27(30)35(26)19(2)3;1-17(2)30-25-13-12-23(24-14-22(8)27(32-9)15-21(24)7)16-26(25)31(18(3)4)29-20(6)11-10-19(5)28(29)30;1-29-24-16-13-20(17-26(24)30(2)28-25(29)11-8-12-27(28)32-4)22-15-14-21(31-3)18-23(22)19-9-6-5-7-10-19;1-15-7-6-8-21-23(15)25(4)22-14-17(9-12-20(22)24(21)3)19-11-10-18(26-5)13-16(19)2/h7-20H,6H2,1-5H3;10-18H,1-9H3;5-18H,1-4H3;6-14H,1-5H3. The fourth-order valence-corrected chi connectivity index (χ4v) is 19.0. The van der Waals surface area contributed by atoms with E-state index in [1.54, 1.807) is 34.5 Å². The van der Waals surface area contributed by atoms with Gasteiger partial charge in [0.05, 0.1) is 126 Å². The average molecular weight is 1700 g/mol. The Hall–Kier alpha value is -13.5. The molecule has 4 aliphatic heterocycles. The summed E-state index contributed by atoms with van der Waals surface area (Å²) in [6.07, 6.45) is -4.47. The van der Waals surface area contributed by atoms with Gasteiger partial charge in [-0.1, -0.05) is 133 Å². The van der Waals surface area contributed by atoms with Crippen LogP contribution in [0.2, 0.25) is 0 Å². The first-order valence-corrected chi connectivity index (χ1v) is 43.9. The molecule has 0 radical (unpaired) electrons. The highest BCUT2D eigenvalue weighted by Crippen LogP contribution is 2.59. The summed E-state index contributed by atoms with van der Waals surface area (Å²) in [7, 11) is 15.4. The first kappa shape index (κ1) is 88.4. The lowest BCUT2D eigenvalue weighted by molar-refractivity contribution is -0.137. The van der Waals surface area contributed by atoms with Crippen LogP contribution in [0.4, 0.5) is 104 Å². The van der Waals surface area contributed by atoms with Gasteiger partial charge < -0.3 is 62.9 Å². The van der Waals surface area contributed by atoms with Crippen molar-refractivity contribution in [3.63, 3.8) is 0 Å². The van der Waals surface area contributed by atoms with E-state index in [0.29, 0.717) is 24.4 Å². The summed E-state index contributed by atoms with van der Waals surface area (Å²) in [5, 5.41) is 2.05. The van der Waals surface area contributed by atoms with Crippen molar-refractivity contribution in [3.05, 3.63) is 294 Å². The van der Waals surface area contributed by atoms with Crippen molar-refractivity contribution in [1.82, 2.24) is 0 Å². The number of alkyl halides is 3. The van der Waals surface area contributed by atoms with E-state index in [4.69, 9.17) is 23.7 Å². The molecule has 0 saturated carbocycles. The van der Waals surface area contributed by atoms with Gasteiger partial charge in [0.1, 0.15) is 34.4 Å². The van der Waals surface area contributed by atoms with Crippen molar-refractivity contribution < 1.29 is 36.9 Å². The van der Waals surface area contributed by atoms with Gasteiger partial charge in [0, 0.05) is 57.7 Å². The molecule has 16 heteroatoms. The summed E-state index contributed by atoms with van der Waals surface area (Å²) in [6, 6.07) is 88.0. The molecule has 14 aromatic carbocycles. The van der Waals surface area contributed by atoms with E-state index in [1.165, 1.54) is 113 Å². The summed E-state index contributed by atoms with van der Waals surface area (Å²) in [5.74, 6) is 4.37. The zero-order valence-electron chi connectivity index (χ0n) is 77.5. The molecular weight excluding hydrogens is 1580 g/mol. The van der Waals surface area contributed by atoms with Gasteiger partial charge in [0.25, 0.3) is 0 Å². The number of aryl methyl sites for hydroxylation is 6. The molecule has 14 aromatic rings. The second-order valence-corrected chi connectivity index (χ2v) is 34.4. The second kappa shape index (κ2) is 36.2. The maximum absolute atomic E-state index is 14.3. The van der Waals surface area contributed by atoms with Gasteiger partial charge in [0.15, 0.2) is 0 Å². The predicted octanol–water partition coefficient (Wildman–Crippen LogP) is 30.0. The number of ether oxygens (including phenoxy) is 5. The molecular formula is C111H117F3N8O5. The van der Waals surface area contributed by atoms with Crippen LogP contribution < -0.4 is 62.9 Å². The third-order valence-corrected chi connectivity index (χ3v) is 25.0. The Labute approximate surface area is 749 Å². The molecule has 0 aromatic heterocycles. The van der Waals surface area contributed by atoms with Gasteiger partial charge >= 0.3 is 6.18 Å². The maximum Gasteiger partial charge on any atom is 0.418 e. The average Bonchev–Trinajstić information content (AvgIpc) is 0.722. The number of benzene rings is 14. The quantitative estimate of drug-likeness (QED) is 0.0979. The summed E-state index contributed by atoms with van der Waals surface area (Å²) in [5.41, 5.74) is 35.6. The Bertz CT molecular complexity index is 6460. The fraction of sp³-hybridized carbons (Fsp3) is 0.261. The smallest absolute Gasteiger partial charge is 0.418 e. The normalized spacial score (nSPS) is 12.8. The minimum Gasteiger partial charge on any atom is -0.497 e. The Morgan fingerprint density at radius 1 is 0.268 bits per heavy atom. The number of para-hydroxylation sites is 3. The minimum absolute atomic E-state index is 0.0348. The summed E-state index contributed by atoms with van der Waals surface area (Å²) in [4.78, 5) is 17.9. The van der Waals surface area contributed by atoms with Gasteiger partial charge in [-0.05, 0) is 320 Å². The molecule has 0 fully saturated rings. The molecule has 0 unspecified atom stereocenters. The maximum atomic E-state index is 14.3. The third kappa shape index (κ3) is 16.5. The molecule has 0 bridgehead atoms. The van der Waals surface area contributed by atoms with Crippen molar-refractivity contribution in [3.8, 4) is 84.4 Å². The lowest BCUT2D eigenvalue weighted by Gasteiger charge is -2.45. The lowest BCUT2D eigenvalue weighted by atomic mass is 9.93. The highest BCUT2D eigenvalue weighted by atomic mass is 19.4. The van der Waals surface area contributed by atoms with Crippen LogP contribution in [0.25, 0.3) is 66.4 Å². The molecule has 4 aliphatic rings. The molecule has 0 N–H and O–H groups in total. The zero-order chi connectivity index (χ0) is 90.5. The number of methoxy groups -OCH3 is 4. The monoisotopic (exact) mass is 1700 g/mol. The summed E-state index contributed by atoms with van der Waals surface area (Å²) < 4.78 is 70.8. The molecule has 0 spiro atoms. The number of hydrogen-bond donors (Lipinski definition) is 0. The van der Waals surface area contributed by atoms with E-state index in [2.05, 4.69) is 291 Å². The van der Waals surface area contributed by atoms with Crippen LogP contribution in [-0.2, 0) is 6.18 Å². The first-order valence-electron chi connectivity index (χ1n) is 43.9. The predicted molar refractivity (Wildman–Crippen MR) is 528 cm³/mol. The van der Waals surface area contributed by atoms with Crippen LogP contribution >= 0.6 is 0 Å². The van der Waals surface area contributed by atoms with E-state index < -0.39 is 11.7 Å². The van der Waals surface area contributed by atoms with Crippen LogP contribution in [0, 0.1) is 41.5 Å². The molecule has 0 saturated heterocycles. The van der Waals surface area contributed by atoms with Crippen molar-refractivity contribution in [2.75, 3.05) is 102 Å². The molecule has 4 heterocycles. The Balaban J connectivity index is 0.000000131. The molecule has 0 atom stereocenters. The number of fused-ring (bicyclic) bond motifs is 9. The van der Waals surface area contributed by atoms with Crippen molar-refractivity contribution in [1.29, 1.82) is 0 Å². The highest BCUT2D eigenvalue weighted by molar-refractivity contribution is 6.05. The lowest BCUT2D eigenvalue weighted by Crippen LogP contribution is -2.38. The number of anilines is 16. The van der Waals surface area contributed by atoms with Gasteiger partial charge in [-0.3, -0.25) is 0 Å². The number of rotatable bonds is 15. The van der Waals surface area contributed by atoms with Crippen molar-refractivity contribution in [2.45, 2.75) is 134 Å². The zero-order valence-corrected chi connectivity index (χ0v) is 77.5. The molecule has 652 valence electrons. The highest BCUT2D eigenvalue weighted by Gasteiger charge is 2.42. The fourth-order valence-electron chi connectivity index (χ4n) is 19.0. The van der Waals surface area contributed by atoms with E-state index >= 15 is 0 Å². The van der Waals surface area contributed by atoms with E-state index in [9.17, 15) is 13.2 Å². The van der Waals surface area contributed by atoms with E-state index in [0.717, 1.165) is 107 Å². The number of halogens is 3. The summed E-state index contributed by atoms with van der Waals surface area (Å²) >= 11 is 0. The van der Waals surface area contributed by atoms with Crippen molar-refractivity contribution in [2.24, 2.45) is 0 Å². The third-order valence-electron chi connectivity index (χ3n) is 25.0. The molecule has 0 aliphatic carbocycles. The Morgan fingerprint density at radius 3 is 1.28 bits per heavy atom. The van der Waals surface area contributed by atoms with Gasteiger partial charge in [0.2, 0.25) is 0 Å². The van der Waals surface area contributed by atoms with Crippen LogP contribution in [-0.4, -0.2) is 87.4 Å². The van der Waals surface area contributed by atoms with E-state index in [-0.39, 0.29) is 17.8 Å². The topological polar surface area (TPSA) is 72.1 Å². The first-order chi connectivity index (χ1) is 60.9. The van der Waals surface area contributed by atoms with Crippen LogP contribution in [0.15, 0.2) is 255 Å². The molecule has 127 heavy (non-hydrogen) atoms. The van der Waals surface area contributed by atoms with Gasteiger partial charge in [-0.25, -0.2) is 0 Å². The van der Waals surface area contributed by atoms with Gasteiger partial charge in [-0.15, -0.1) is 0 Å². The molecule has 18 rings (SSSR count). The van der Waals surface area contributed by atoms with Crippen LogP contribution in [0.1, 0.15) is 101 Å². The Morgan fingerprint density at radius 2 is 0.717 bits per heavy atom. The Kier molecular flexibility index (Phi) is 25.2. The SMILES string of the molecule is CCOc1ccc(-c2ccc3c(c2)N(C(C)C)c2c(cccc2C(F)(F)F)N3C(C)C)c2ccccc12.COc1cc(C)c(-c2ccc3c(c2)N(C(C)C)c2c(C)ccc(C)c2N3C(C)C)cc1C.COc1ccc(-c2ccc3c(c2)N(C)c2c(C)cccc2N3C)c(C)c1.COc1ccc(-c2ccc3c(c2)N(C)c2c(OC)cccc2N3C)c(-c2ccccc2)c1. The van der Waals surface area contributed by atoms with Crippen LogP contribution in [0.3, 0.4) is 0 Å². The molecule has 0 amide bonds. The van der Waals surface area contributed by atoms with E-state index in [1.807, 2.05) is 117 Å². The van der Waals surface area contributed by atoms with Crippen molar-refractivity contribution >= 4 is 102 Å². The summed E-state index contributed by atoms with van der Waals surface area (Å²) in [6.45, 7) is 32.6.